The molecule has 0 bridgehead atoms. The van der Waals surface area contributed by atoms with Gasteiger partial charge in [-0.15, -0.1) is 10.2 Å². The summed E-state index contributed by atoms with van der Waals surface area (Å²) >= 11 is 3.18. The Bertz CT molecular complexity index is 1000. The van der Waals surface area contributed by atoms with Gasteiger partial charge in [0.05, 0.1) is 5.56 Å². The average molecular weight is 485 g/mol. The van der Waals surface area contributed by atoms with Gasteiger partial charge in [-0.05, 0) is 40.2 Å². The van der Waals surface area contributed by atoms with Crippen molar-refractivity contribution in [2.24, 2.45) is 7.05 Å². The van der Waals surface area contributed by atoms with Crippen LogP contribution in [0.4, 0.5) is 20.4 Å². The Balaban J connectivity index is 1.70. The molecule has 2 heterocycles. The van der Waals surface area contributed by atoms with Crippen LogP contribution in [0.15, 0.2) is 29.1 Å². The van der Waals surface area contributed by atoms with Crippen LogP contribution in [-0.4, -0.2) is 39.2 Å². The van der Waals surface area contributed by atoms with Crippen LogP contribution < -0.4 is 5.32 Å². The molecular weight excluding hydrogens is 462 g/mol. The zero-order chi connectivity index (χ0) is 21.2. The molecule has 11 heteroatoms. The molecule has 7 nitrogen and oxygen atoms in total. The third-order valence-corrected chi connectivity index (χ3v) is 6.23. The molecule has 0 saturated heterocycles. The summed E-state index contributed by atoms with van der Waals surface area (Å²) in [5, 5.41) is 10.8. The van der Waals surface area contributed by atoms with E-state index in [9.17, 15) is 8.78 Å². The molecule has 0 radical (unpaired) electrons. The number of rotatable bonds is 8. The minimum Gasteiger partial charge on any atom is -0.360 e. The minimum absolute atomic E-state index is 0.0873. The topological polar surface area (TPSA) is 69.8 Å². The standard InChI is InChI=1S/C18H23BrF2N6OSi/c1-26-18(23-17(19)25-26)22-12-5-6-13(15(20)9-12)14-10-27(24-16(14)21)11-28-7-8-29(2,3)4/h5-6,9-10H,7-8,11H2,1-4H3,(H,22,23,25). The van der Waals surface area contributed by atoms with E-state index in [2.05, 4.69) is 56.1 Å². The molecule has 0 spiro atoms. The Morgan fingerprint density at radius 2 is 1.93 bits per heavy atom. The molecule has 1 N–H and O–H groups in total. The first-order valence-corrected chi connectivity index (χ1v) is 13.6. The van der Waals surface area contributed by atoms with Gasteiger partial charge >= 0.3 is 0 Å². The maximum absolute atomic E-state index is 14.6. The molecular formula is C18H23BrF2N6OSi. The van der Waals surface area contributed by atoms with E-state index in [1.54, 1.807) is 13.1 Å². The van der Waals surface area contributed by atoms with Gasteiger partial charge in [0.15, 0.2) is 0 Å². The molecule has 3 rings (SSSR count). The van der Waals surface area contributed by atoms with Crippen molar-refractivity contribution in [1.29, 1.82) is 0 Å². The van der Waals surface area contributed by atoms with E-state index in [1.165, 1.54) is 27.7 Å². The van der Waals surface area contributed by atoms with Crippen molar-refractivity contribution in [3.05, 3.63) is 40.9 Å². The normalized spacial score (nSPS) is 11.8. The third kappa shape index (κ3) is 5.70. The van der Waals surface area contributed by atoms with E-state index >= 15 is 0 Å². The summed E-state index contributed by atoms with van der Waals surface area (Å²) in [4.78, 5) is 4.13. The van der Waals surface area contributed by atoms with Gasteiger partial charge in [0, 0.05) is 39.2 Å². The number of hydrogen-bond acceptors (Lipinski definition) is 5. The molecule has 0 amide bonds. The highest BCUT2D eigenvalue weighted by atomic mass is 79.9. The number of benzene rings is 1. The second-order valence-corrected chi connectivity index (χ2v) is 14.2. The molecule has 0 fully saturated rings. The monoisotopic (exact) mass is 484 g/mol. The van der Waals surface area contributed by atoms with Crippen molar-refractivity contribution >= 4 is 35.6 Å². The summed E-state index contributed by atoms with van der Waals surface area (Å²) in [7, 11) is 0.515. The van der Waals surface area contributed by atoms with Gasteiger partial charge in [0.2, 0.25) is 16.6 Å². The summed E-state index contributed by atoms with van der Waals surface area (Å²) in [5.74, 6) is -0.872. The molecule has 29 heavy (non-hydrogen) atoms. The highest BCUT2D eigenvalue weighted by Crippen LogP contribution is 2.28. The highest BCUT2D eigenvalue weighted by Gasteiger charge is 2.16. The molecule has 2 aromatic heterocycles. The lowest BCUT2D eigenvalue weighted by atomic mass is 10.1. The Hall–Kier alpha value is -2.11. The third-order valence-electron chi connectivity index (χ3n) is 4.19. The number of nitrogens with one attached hydrogen (secondary N) is 1. The van der Waals surface area contributed by atoms with Crippen LogP contribution in [0.3, 0.4) is 0 Å². The summed E-state index contributed by atoms with van der Waals surface area (Å²) in [6.07, 6.45) is 1.45. The van der Waals surface area contributed by atoms with Crippen LogP contribution >= 0.6 is 15.9 Å². The Morgan fingerprint density at radius 1 is 1.17 bits per heavy atom. The smallest absolute Gasteiger partial charge is 0.240 e. The molecule has 0 aliphatic rings. The van der Waals surface area contributed by atoms with Crippen LogP contribution in [-0.2, 0) is 18.5 Å². The van der Waals surface area contributed by atoms with E-state index in [1.807, 2.05) is 0 Å². The zero-order valence-electron chi connectivity index (χ0n) is 16.7. The van der Waals surface area contributed by atoms with Crippen molar-refractivity contribution in [2.45, 2.75) is 32.4 Å². The van der Waals surface area contributed by atoms with Gasteiger partial charge in [0.25, 0.3) is 0 Å². The highest BCUT2D eigenvalue weighted by molar-refractivity contribution is 9.10. The van der Waals surface area contributed by atoms with Crippen molar-refractivity contribution in [2.75, 3.05) is 11.9 Å². The van der Waals surface area contributed by atoms with E-state index in [0.717, 1.165) is 6.04 Å². The predicted molar refractivity (Wildman–Crippen MR) is 114 cm³/mol. The molecule has 0 saturated carbocycles. The Morgan fingerprint density at radius 3 is 2.55 bits per heavy atom. The molecule has 0 unspecified atom stereocenters. The number of hydrogen-bond donors (Lipinski definition) is 1. The van der Waals surface area contributed by atoms with E-state index in [-0.39, 0.29) is 17.9 Å². The fourth-order valence-electron chi connectivity index (χ4n) is 2.58. The fraction of sp³-hybridized carbons (Fsp3) is 0.389. The number of ether oxygens (including phenoxy) is 1. The number of nitrogens with zero attached hydrogens (tertiary/aromatic N) is 5. The van der Waals surface area contributed by atoms with Gasteiger partial charge in [0.1, 0.15) is 12.5 Å². The molecule has 3 aromatic rings. The van der Waals surface area contributed by atoms with Gasteiger partial charge in [-0.3, -0.25) is 0 Å². The van der Waals surface area contributed by atoms with Gasteiger partial charge in [-0.1, -0.05) is 19.6 Å². The maximum atomic E-state index is 14.6. The summed E-state index contributed by atoms with van der Waals surface area (Å²) in [5.41, 5.74) is 0.682. The van der Waals surface area contributed by atoms with Gasteiger partial charge in [-0.2, -0.15) is 9.37 Å². The van der Waals surface area contributed by atoms with E-state index in [4.69, 9.17) is 4.74 Å². The van der Waals surface area contributed by atoms with Crippen molar-refractivity contribution < 1.29 is 13.5 Å². The quantitative estimate of drug-likeness (QED) is 0.368. The van der Waals surface area contributed by atoms with Crippen LogP contribution in [0.5, 0.6) is 0 Å². The largest absolute Gasteiger partial charge is 0.360 e. The van der Waals surface area contributed by atoms with Crippen LogP contribution in [0.1, 0.15) is 0 Å². The predicted octanol–water partition coefficient (Wildman–Crippen LogP) is 4.78. The number of anilines is 2. The van der Waals surface area contributed by atoms with Crippen molar-refractivity contribution in [1.82, 2.24) is 24.5 Å². The molecule has 0 aliphatic carbocycles. The number of aromatic nitrogens is 5. The summed E-state index contributed by atoms with van der Waals surface area (Å²) < 4.78 is 37.8. The second-order valence-electron chi connectivity index (χ2n) is 7.87. The number of halogens is 3. The second kappa shape index (κ2) is 8.72. The first-order chi connectivity index (χ1) is 13.6. The van der Waals surface area contributed by atoms with Gasteiger partial charge in [-0.25, -0.2) is 13.8 Å². The molecule has 0 aliphatic heterocycles. The molecule has 156 valence electrons. The summed E-state index contributed by atoms with van der Waals surface area (Å²) in [6.45, 7) is 7.49. The average Bonchev–Trinajstić information content (AvgIpc) is 3.13. The first-order valence-electron chi connectivity index (χ1n) is 9.06. The molecule has 1 aromatic carbocycles. The van der Waals surface area contributed by atoms with Gasteiger partial charge < -0.3 is 10.1 Å². The summed E-state index contributed by atoms with van der Waals surface area (Å²) in [6, 6.07) is 5.43. The Kier molecular flexibility index (Phi) is 6.49. The maximum Gasteiger partial charge on any atom is 0.240 e. The van der Waals surface area contributed by atoms with E-state index in [0.29, 0.717) is 23.0 Å². The Labute approximate surface area is 177 Å². The molecule has 0 atom stereocenters. The van der Waals surface area contributed by atoms with Crippen molar-refractivity contribution in [3.63, 3.8) is 0 Å². The van der Waals surface area contributed by atoms with E-state index < -0.39 is 19.8 Å². The van der Waals surface area contributed by atoms with Crippen LogP contribution in [0.25, 0.3) is 11.1 Å². The lowest BCUT2D eigenvalue weighted by Crippen LogP contribution is -2.22. The first kappa shape index (κ1) is 21.6. The minimum atomic E-state index is -1.19. The lowest BCUT2D eigenvalue weighted by Gasteiger charge is -2.15. The van der Waals surface area contributed by atoms with Crippen molar-refractivity contribution in [3.8, 4) is 11.1 Å². The number of aryl methyl sites for hydroxylation is 1. The lowest BCUT2D eigenvalue weighted by molar-refractivity contribution is 0.0774. The van der Waals surface area contributed by atoms with Crippen LogP contribution in [0.2, 0.25) is 25.7 Å². The van der Waals surface area contributed by atoms with Crippen LogP contribution in [0, 0.1) is 11.8 Å². The fourth-order valence-corrected chi connectivity index (χ4v) is 3.75. The zero-order valence-corrected chi connectivity index (χ0v) is 19.3. The SMILES string of the molecule is Cn1nc(Br)nc1Nc1ccc(-c2cn(COCC[Si](C)(C)C)nc2F)c(F)c1.